The number of amides is 1. The third kappa shape index (κ3) is 2.86. The monoisotopic (exact) mass is 255 g/mol. The lowest BCUT2D eigenvalue weighted by molar-refractivity contribution is 0.0959. The SMILES string of the molecule is NCCNC(=O)c1sc(NC2CCC2)nc1N. The number of aromatic nitrogens is 1. The van der Waals surface area contributed by atoms with Crippen LogP contribution in [0.5, 0.6) is 0 Å². The Balaban J connectivity index is 1.99. The van der Waals surface area contributed by atoms with Gasteiger partial charge in [-0.1, -0.05) is 11.3 Å². The summed E-state index contributed by atoms with van der Waals surface area (Å²) in [6.45, 7) is 0.860. The smallest absolute Gasteiger partial charge is 0.265 e. The van der Waals surface area contributed by atoms with Crippen molar-refractivity contribution in [3.8, 4) is 0 Å². The molecular weight excluding hydrogens is 238 g/mol. The fourth-order valence-electron chi connectivity index (χ4n) is 1.55. The molecule has 94 valence electrons. The van der Waals surface area contributed by atoms with Gasteiger partial charge in [-0.05, 0) is 19.3 Å². The lowest BCUT2D eigenvalue weighted by Crippen LogP contribution is -2.28. The molecule has 1 aliphatic carbocycles. The predicted molar refractivity (Wildman–Crippen MR) is 69.2 cm³/mol. The minimum atomic E-state index is -0.202. The van der Waals surface area contributed by atoms with Gasteiger partial charge < -0.3 is 22.1 Å². The van der Waals surface area contributed by atoms with Crippen LogP contribution >= 0.6 is 11.3 Å². The third-order valence-corrected chi connectivity index (χ3v) is 3.72. The van der Waals surface area contributed by atoms with Gasteiger partial charge in [0, 0.05) is 19.1 Å². The normalized spacial score (nSPS) is 15.4. The van der Waals surface area contributed by atoms with Gasteiger partial charge >= 0.3 is 0 Å². The summed E-state index contributed by atoms with van der Waals surface area (Å²) in [6.07, 6.45) is 3.57. The molecule has 0 spiro atoms. The third-order valence-electron chi connectivity index (χ3n) is 2.72. The zero-order valence-electron chi connectivity index (χ0n) is 9.53. The first-order chi connectivity index (χ1) is 8.20. The van der Waals surface area contributed by atoms with Crippen LogP contribution in [-0.4, -0.2) is 30.0 Å². The summed E-state index contributed by atoms with van der Waals surface area (Å²) in [5, 5.41) is 6.68. The molecule has 17 heavy (non-hydrogen) atoms. The highest BCUT2D eigenvalue weighted by Crippen LogP contribution is 2.29. The van der Waals surface area contributed by atoms with Crippen molar-refractivity contribution in [2.24, 2.45) is 5.73 Å². The van der Waals surface area contributed by atoms with E-state index in [0.29, 0.717) is 24.0 Å². The average molecular weight is 255 g/mol. The predicted octanol–water partition coefficient (Wildman–Crippen LogP) is 0.378. The molecule has 6 nitrogen and oxygen atoms in total. The molecule has 0 unspecified atom stereocenters. The molecular formula is C10H17N5OS. The van der Waals surface area contributed by atoms with Crippen LogP contribution in [0, 0.1) is 0 Å². The molecule has 6 N–H and O–H groups in total. The van der Waals surface area contributed by atoms with Crippen molar-refractivity contribution < 1.29 is 4.79 Å². The summed E-state index contributed by atoms with van der Waals surface area (Å²) >= 11 is 1.30. The van der Waals surface area contributed by atoms with Crippen molar-refractivity contribution in [2.45, 2.75) is 25.3 Å². The lowest BCUT2D eigenvalue weighted by atomic mass is 9.93. The number of thiazole rings is 1. The molecule has 1 amide bonds. The number of hydrogen-bond donors (Lipinski definition) is 4. The van der Waals surface area contributed by atoms with Crippen molar-refractivity contribution in [1.82, 2.24) is 10.3 Å². The van der Waals surface area contributed by atoms with Gasteiger partial charge in [0.1, 0.15) is 10.7 Å². The highest BCUT2D eigenvalue weighted by Gasteiger charge is 2.21. The van der Waals surface area contributed by atoms with Gasteiger partial charge in [-0.3, -0.25) is 4.79 Å². The second-order valence-electron chi connectivity index (χ2n) is 4.05. The fraction of sp³-hybridized carbons (Fsp3) is 0.600. The van der Waals surface area contributed by atoms with Crippen molar-refractivity contribution >= 4 is 28.2 Å². The van der Waals surface area contributed by atoms with E-state index in [1.807, 2.05) is 0 Å². The van der Waals surface area contributed by atoms with E-state index in [1.54, 1.807) is 0 Å². The highest BCUT2D eigenvalue weighted by molar-refractivity contribution is 7.18. The number of hydrogen-bond acceptors (Lipinski definition) is 6. The van der Waals surface area contributed by atoms with Crippen molar-refractivity contribution in [2.75, 3.05) is 24.1 Å². The zero-order chi connectivity index (χ0) is 12.3. The second-order valence-corrected chi connectivity index (χ2v) is 5.05. The number of nitrogens with two attached hydrogens (primary N) is 2. The Kier molecular flexibility index (Phi) is 3.80. The van der Waals surface area contributed by atoms with E-state index in [1.165, 1.54) is 17.8 Å². The molecule has 1 aromatic rings. The highest BCUT2D eigenvalue weighted by atomic mass is 32.1. The number of nitrogens with zero attached hydrogens (tertiary/aromatic N) is 1. The molecule has 0 aliphatic heterocycles. The van der Waals surface area contributed by atoms with Gasteiger partial charge in [0.25, 0.3) is 5.91 Å². The number of carbonyl (C=O) groups excluding carboxylic acids is 1. The van der Waals surface area contributed by atoms with E-state index in [9.17, 15) is 4.79 Å². The Morgan fingerprint density at radius 2 is 2.29 bits per heavy atom. The number of nitrogens with one attached hydrogen (secondary N) is 2. The van der Waals surface area contributed by atoms with Gasteiger partial charge in [0.15, 0.2) is 5.13 Å². The van der Waals surface area contributed by atoms with Crippen LogP contribution in [0.4, 0.5) is 10.9 Å². The first kappa shape index (κ1) is 12.1. The zero-order valence-corrected chi connectivity index (χ0v) is 10.3. The molecule has 1 fully saturated rings. The quantitative estimate of drug-likeness (QED) is 0.608. The van der Waals surface area contributed by atoms with E-state index in [0.717, 1.165) is 18.0 Å². The van der Waals surface area contributed by atoms with Crippen LogP contribution in [0.2, 0.25) is 0 Å². The van der Waals surface area contributed by atoms with Gasteiger partial charge in [-0.25, -0.2) is 4.98 Å². The Hall–Kier alpha value is -1.34. The van der Waals surface area contributed by atoms with Crippen molar-refractivity contribution in [3.63, 3.8) is 0 Å². The van der Waals surface area contributed by atoms with Crippen LogP contribution < -0.4 is 22.1 Å². The summed E-state index contributed by atoms with van der Waals surface area (Å²) in [6, 6.07) is 0.487. The maximum atomic E-state index is 11.7. The number of nitrogen functional groups attached to an aromatic ring is 1. The van der Waals surface area contributed by atoms with Crippen LogP contribution in [0.15, 0.2) is 0 Å². The first-order valence-electron chi connectivity index (χ1n) is 5.72. The summed E-state index contributed by atoms with van der Waals surface area (Å²) in [5.41, 5.74) is 11.0. The second kappa shape index (κ2) is 5.33. The van der Waals surface area contributed by atoms with Crippen LogP contribution in [0.25, 0.3) is 0 Å². The summed E-state index contributed by atoms with van der Waals surface area (Å²) in [4.78, 5) is 16.3. The van der Waals surface area contributed by atoms with Crippen LogP contribution in [-0.2, 0) is 0 Å². The van der Waals surface area contributed by atoms with E-state index in [4.69, 9.17) is 11.5 Å². The lowest BCUT2D eigenvalue weighted by Gasteiger charge is -2.25. The van der Waals surface area contributed by atoms with Gasteiger partial charge in [-0.15, -0.1) is 0 Å². The average Bonchev–Trinajstić information content (AvgIpc) is 2.62. The molecule has 1 aliphatic rings. The van der Waals surface area contributed by atoms with Crippen molar-refractivity contribution in [3.05, 3.63) is 4.88 Å². The van der Waals surface area contributed by atoms with Gasteiger partial charge in [-0.2, -0.15) is 0 Å². The molecule has 1 heterocycles. The molecule has 1 aromatic heterocycles. The minimum Gasteiger partial charge on any atom is -0.382 e. The van der Waals surface area contributed by atoms with Gasteiger partial charge in [0.2, 0.25) is 0 Å². The molecule has 0 bridgehead atoms. The molecule has 2 rings (SSSR count). The first-order valence-corrected chi connectivity index (χ1v) is 6.53. The Morgan fingerprint density at radius 3 is 2.88 bits per heavy atom. The number of anilines is 2. The molecule has 0 radical (unpaired) electrons. The minimum absolute atomic E-state index is 0.202. The maximum Gasteiger partial charge on any atom is 0.265 e. The molecule has 7 heteroatoms. The van der Waals surface area contributed by atoms with E-state index < -0.39 is 0 Å². The summed E-state index contributed by atoms with van der Waals surface area (Å²) in [7, 11) is 0. The Bertz CT molecular complexity index is 401. The van der Waals surface area contributed by atoms with E-state index in [-0.39, 0.29) is 11.7 Å². The molecule has 0 atom stereocenters. The fourth-order valence-corrected chi connectivity index (χ4v) is 2.43. The molecule has 0 aromatic carbocycles. The molecule has 1 saturated carbocycles. The molecule has 0 saturated heterocycles. The largest absolute Gasteiger partial charge is 0.382 e. The Morgan fingerprint density at radius 1 is 1.53 bits per heavy atom. The number of rotatable bonds is 5. The maximum absolute atomic E-state index is 11.7. The van der Waals surface area contributed by atoms with Crippen LogP contribution in [0.3, 0.4) is 0 Å². The summed E-state index contributed by atoms with van der Waals surface area (Å²) < 4.78 is 0. The van der Waals surface area contributed by atoms with Crippen LogP contribution in [0.1, 0.15) is 28.9 Å². The summed E-state index contributed by atoms with van der Waals surface area (Å²) in [5.74, 6) is 0.0819. The topological polar surface area (TPSA) is 106 Å². The van der Waals surface area contributed by atoms with Crippen molar-refractivity contribution in [1.29, 1.82) is 0 Å². The van der Waals surface area contributed by atoms with Gasteiger partial charge in [0.05, 0.1) is 0 Å². The standard InChI is InChI=1S/C10H17N5OS/c11-4-5-13-9(16)7-8(12)15-10(17-7)14-6-2-1-3-6/h6H,1-5,11-12H2,(H,13,16)(H,14,15). The number of carbonyl (C=O) groups is 1. The van der Waals surface area contributed by atoms with E-state index >= 15 is 0 Å². The van der Waals surface area contributed by atoms with E-state index in [2.05, 4.69) is 15.6 Å². The Labute approximate surface area is 104 Å².